The summed E-state index contributed by atoms with van der Waals surface area (Å²) in [5.74, 6) is 0.711. The van der Waals surface area contributed by atoms with Crippen LogP contribution in [-0.4, -0.2) is 26.0 Å². The minimum Gasteiger partial charge on any atom is -0.339 e. The molecule has 9 heteroatoms. The zero-order valence-corrected chi connectivity index (χ0v) is 14.2. The molecule has 3 heterocycles. The predicted octanol–water partition coefficient (Wildman–Crippen LogP) is 2.61. The van der Waals surface area contributed by atoms with E-state index < -0.39 is 0 Å². The summed E-state index contributed by atoms with van der Waals surface area (Å²) in [6.07, 6.45) is 1.86. The molecule has 0 aliphatic rings. The van der Waals surface area contributed by atoms with Gasteiger partial charge in [-0.25, -0.2) is 4.98 Å². The van der Waals surface area contributed by atoms with Gasteiger partial charge in [-0.2, -0.15) is 16.3 Å². The Balaban J connectivity index is 1.40. The monoisotopic (exact) mass is 367 g/mol. The van der Waals surface area contributed by atoms with Crippen LogP contribution in [0, 0.1) is 0 Å². The average molecular weight is 367 g/mol. The molecule has 130 valence electrons. The number of thiophene rings is 1. The van der Waals surface area contributed by atoms with Gasteiger partial charge >= 0.3 is 0 Å². The highest BCUT2D eigenvalue weighted by Crippen LogP contribution is 2.19. The fraction of sp³-hybridized carbons (Fsp3) is 0.118. The third kappa shape index (κ3) is 3.38. The van der Waals surface area contributed by atoms with E-state index in [4.69, 9.17) is 4.52 Å². The third-order valence-corrected chi connectivity index (χ3v) is 4.42. The van der Waals surface area contributed by atoms with Crippen molar-refractivity contribution >= 4 is 33.8 Å². The molecule has 8 nitrogen and oxygen atoms in total. The summed E-state index contributed by atoms with van der Waals surface area (Å²) in [6.45, 7) is 0. The molecule has 0 saturated carbocycles. The van der Waals surface area contributed by atoms with Crippen molar-refractivity contribution in [3.05, 3.63) is 57.6 Å². The highest BCUT2D eigenvalue weighted by atomic mass is 32.1. The molecule has 0 unspecified atom stereocenters. The maximum absolute atomic E-state index is 12.1. The SMILES string of the molecule is O=C(CCc1nc(-c2ccsc2)no1)Nc1ccc2nc[nH]c(=O)c2c1. The summed E-state index contributed by atoms with van der Waals surface area (Å²) in [4.78, 5) is 34.8. The van der Waals surface area contributed by atoms with Crippen LogP contribution in [-0.2, 0) is 11.2 Å². The van der Waals surface area contributed by atoms with Gasteiger partial charge in [-0.1, -0.05) is 5.16 Å². The molecule has 4 aromatic rings. The second-order valence-electron chi connectivity index (χ2n) is 5.54. The number of carbonyl (C=O) groups excluding carboxylic acids is 1. The van der Waals surface area contributed by atoms with E-state index >= 15 is 0 Å². The van der Waals surface area contributed by atoms with Gasteiger partial charge in [0.1, 0.15) is 0 Å². The number of aromatic nitrogens is 4. The molecule has 0 radical (unpaired) electrons. The Morgan fingerprint density at radius 2 is 2.23 bits per heavy atom. The van der Waals surface area contributed by atoms with Crippen molar-refractivity contribution in [2.24, 2.45) is 0 Å². The Morgan fingerprint density at radius 3 is 3.08 bits per heavy atom. The van der Waals surface area contributed by atoms with Crippen molar-refractivity contribution in [1.29, 1.82) is 0 Å². The molecule has 2 N–H and O–H groups in total. The van der Waals surface area contributed by atoms with Crippen LogP contribution in [0.15, 0.2) is 50.7 Å². The Kier molecular flexibility index (Phi) is 4.28. The molecule has 0 aliphatic carbocycles. The normalized spacial score (nSPS) is 10.9. The Morgan fingerprint density at radius 1 is 1.31 bits per heavy atom. The fourth-order valence-electron chi connectivity index (χ4n) is 2.46. The van der Waals surface area contributed by atoms with Gasteiger partial charge < -0.3 is 14.8 Å². The standard InChI is InChI=1S/C17H13N5O3S/c23-14(3-4-15-21-16(22-25-15)10-5-6-26-8-10)20-11-1-2-13-12(7-11)17(24)19-9-18-13/h1-2,5-9H,3-4H2,(H,20,23)(H,18,19,24). The van der Waals surface area contributed by atoms with Crippen molar-refractivity contribution in [1.82, 2.24) is 20.1 Å². The maximum atomic E-state index is 12.1. The molecular formula is C17H13N5O3S. The Labute approximate surface area is 150 Å². The molecular weight excluding hydrogens is 354 g/mol. The first-order chi connectivity index (χ1) is 12.7. The number of hydrogen-bond donors (Lipinski definition) is 2. The molecule has 0 saturated heterocycles. The number of fused-ring (bicyclic) bond motifs is 1. The number of aromatic amines is 1. The molecule has 4 rings (SSSR count). The summed E-state index contributed by atoms with van der Waals surface area (Å²) in [5, 5.41) is 10.9. The lowest BCUT2D eigenvalue weighted by molar-refractivity contribution is -0.116. The van der Waals surface area contributed by atoms with E-state index in [1.807, 2.05) is 16.8 Å². The van der Waals surface area contributed by atoms with E-state index in [9.17, 15) is 9.59 Å². The van der Waals surface area contributed by atoms with Crippen molar-refractivity contribution in [2.75, 3.05) is 5.32 Å². The lowest BCUT2D eigenvalue weighted by atomic mass is 10.2. The second kappa shape index (κ2) is 6.89. The van der Waals surface area contributed by atoms with E-state index in [0.717, 1.165) is 5.56 Å². The van der Waals surface area contributed by atoms with E-state index in [-0.39, 0.29) is 17.9 Å². The first-order valence-electron chi connectivity index (χ1n) is 7.81. The number of hydrogen-bond acceptors (Lipinski definition) is 7. The molecule has 1 aromatic carbocycles. The topological polar surface area (TPSA) is 114 Å². The Bertz CT molecular complexity index is 1120. The summed E-state index contributed by atoms with van der Waals surface area (Å²) >= 11 is 1.55. The van der Waals surface area contributed by atoms with Gasteiger partial charge in [-0.3, -0.25) is 9.59 Å². The molecule has 0 bridgehead atoms. The molecule has 0 atom stereocenters. The number of carbonyl (C=O) groups is 1. The minimum atomic E-state index is -0.252. The highest BCUT2D eigenvalue weighted by molar-refractivity contribution is 7.08. The number of nitrogens with zero attached hydrogens (tertiary/aromatic N) is 3. The summed E-state index contributed by atoms with van der Waals surface area (Å²) in [6, 6.07) is 6.89. The zero-order chi connectivity index (χ0) is 17.9. The van der Waals surface area contributed by atoms with Crippen molar-refractivity contribution < 1.29 is 9.32 Å². The number of nitrogens with one attached hydrogen (secondary N) is 2. The highest BCUT2D eigenvalue weighted by Gasteiger charge is 2.11. The van der Waals surface area contributed by atoms with Gasteiger partial charge in [-0.05, 0) is 29.6 Å². The van der Waals surface area contributed by atoms with Gasteiger partial charge in [0.25, 0.3) is 5.56 Å². The number of rotatable bonds is 5. The zero-order valence-electron chi connectivity index (χ0n) is 13.4. The van der Waals surface area contributed by atoms with Crippen LogP contribution in [0.2, 0.25) is 0 Å². The van der Waals surface area contributed by atoms with Crippen LogP contribution in [0.1, 0.15) is 12.3 Å². The Hall–Kier alpha value is -3.33. The van der Waals surface area contributed by atoms with Crippen LogP contribution in [0.5, 0.6) is 0 Å². The van der Waals surface area contributed by atoms with Gasteiger partial charge in [0.15, 0.2) is 0 Å². The van der Waals surface area contributed by atoms with Crippen LogP contribution in [0.3, 0.4) is 0 Å². The first-order valence-corrected chi connectivity index (χ1v) is 8.76. The van der Waals surface area contributed by atoms with Crippen molar-refractivity contribution in [3.63, 3.8) is 0 Å². The minimum absolute atomic E-state index is 0.187. The van der Waals surface area contributed by atoms with Gasteiger partial charge in [-0.15, -0.1) is 0 Å². The summed E-state index contributed by atoms with van der Waals surface area (Å²) in [7, 11) is 0. The molecule has 26 heavy (non-hydrogen) atoms. The van der Waals surface area contributed by atoms with Crippen LogP contribution in [0.4, 0.5) is 5.69 Å². The van der Waals surface area contributed by atoms with Crippen molar-refractivity contribution in [3.8, 4) is 11.4 Å². The summed E-state index contributed by atoms with van der Waals surface area (Å²) in [5.41, 5.74) is 1.74. The van der Waals surface area contributed by atoms with E-state index in [0.29, 0.717) is 34.7 Å². The molecule has 0 fully saturated rings. The van der Waals surface area contributed by atoms with E-state index in [2.05, 4.69) is 25.4 Å². The van der Waals surface area contributed by atoms with Gasteiger partial charge in [0, 0.05) is 29.5 Å². The van der Waals surface area contributed by atoms with Crippen LogP contribution >= 0.6 is 11.3 Å². The predicted molar refractivity (Wildman–Crippen MR) is 96.9 cm³/mol. The van der Waals surface area contributed by atoms with Crippen LogP contribution in [0.25, 0.3) is 22.3 Å². The van der Waals surface area contributed by atoms with Gasteiger partial charge in [0.05, 0.1) is 17.2 Å². The number of anilines is 1. The van der Waals surface area contributed by atoms with Crippen LogP contribution < -0.4 is 10.9 Å². The molecule has 1 amide bonds. The smallest absolute Gasteiger partial charge is 0.258 e. The number of amides is 1. The maximum Gasteiger partial charge on any atom is 0.258 e. The third-order valence-electron chi connectivity index (χ3n) is 3.74. The fourth-order valence-corrected chi connectivity index (χ4v) is 3.09. The lowest BCUT2D eigenvalue weighted by Gasteiger charge is -2.05. The number of aryl methyl sites for hydroxylation is 1. The quantitative estimate of drug-likeness (QED) is 0.560. The summed E-state index contributed by atoms with van der Waals surface area (Å²) < 4.78 is 5.17. The number of H-pyrrole nitrogens is 1. The largest absolute Gasteiger partial charge is 0.339 e. The number of benzene rings is 1. The molecule has 0 spiro atoms. The molecule has 0 aliphatic heterocycles. The molecule has 3 aromatic heterocycles. The van der Waals surface area contributed by atoms with E-state index in [1.54, 1.807) is 29.5 Å². The van der Waals surface area contributed by atoms with E-state index in [1.165, 1.54) is 6.33 Å². The van der Waals surface area contributed by atoms with Gasteiger partial charge in [0.2, 0.25) is 17.6 Å². The first kappa shape index (κ1) is 16.2. The lowest BCUT2D eigenvalue weighted by Crippen LogP contribution is -2.13. The average Bonchev–Trinajstić information content (AvgIpc) is 3.32. The second-order valence-corrected chi connectivity index (χ2v) is 6.32. The van der Waals surface area contributed by atoms with Crippen molar-refractivity contribution in [2.45, 2.75) is 12.8 Å².